The van der Waals surface area contributed by atoms with Gasteiger partial charge in [0, 0.05) is 57.1 Å². The van der Waals surface area contributed by atoms with Crippen LogP contribution in [0.5, 0.6) is 0 Å². The van der Waals surface area contributed by atoms with E-state index in [4.69, 9.17) is 9.84 Å². The lowest BCUT2D eigenvalue weighted by Gasteiger charge is -2.31. The standard InChI is InChI=1S/C28H30F3N5O3S/c1-33-10-2-4-23(33)24-18-22(25-5-3-17-40-25)32-36(24)26(37)19-35(12-11-34-13-15-39-16-14-34)27(38)20-6-8-21(9-7-20)28(29,30)31/h2-10,17,24H,11-16,18-19H2,1H3/t24-/m0/s1. The Kier molecular flexibility index (Phi) is 8.38. The van der Waals surface area contributed by atoms with Crippen molar-refractivity contribution in [3.05, 3.63) is 81.8 Å². The molecule has 40 heavy (non-hydrogen) atoms. The number of halogens is 3. The van der Waals surface area contributed by atoms with Gasteiger partial charge in [-0.15, -0.1) is 11.3 Å². The number of hydrogen-bond acceptors (Lipinski definition) is 6. The summed E-state index contributed by atoms with van der Waals surface area (Å²) in [5.41, 5.74) is 0.963. The number of hydrazone groups is 1. The van der Waals surface area contributed by atoms with Gasteiger partial charge >= 0.3 is 6.18 Å². The Hall–Kier alpha value is -3.48. The summed E-state index contributed by atoms with van der Waals surface area (Å²) in [6, 6.07) is 11.5. The van der Waals surface area contributed by atoms with Crippen molar-refractivity contribution in [2.45, 2.75) is 18.6 Å². The highest BCUT2D eigenvalue weighted by Gasteiger charge is 2.36. The Labute approximate surface area is 234 Å². The van der Waals surface area contributed by atoms with E-state index in [0.29, 0.717) is 39.3 Å². The number of benzene rings is 1. The second-order valence-corrected chi connectivity index (χ2v) is 10.7. The summed E-state index contributed by atoms with van der Waals surface area (Å²) in [7, 11) is 1.91. The van der Waals surface area contributed by atoms with Gasteiger partial charge in [-0.1, -0.05) is 6.07 Å². The molecule has 1 atom stereocenters. The monoisotopic (exact) mass is 573 g/mol. The van der Waals surface area contributed by atoms with Gasteiger partial charge in [-0.3, -0.25) is 14.5 Å². The molecule has 2 aliphatic heterocycles. The predicted octanol–water partition coefficient (Wildman–Crippen LogP) is 4.26. The molecule has 0 unspecified atom stereocenters. The largest absolute Gasteiger partial charge is 0.416 e. The van der Waals surface area contributed by atoms with Gasteiger partial charge in [0.2, 0.25) is 0 Å². The number of carbonyl (C=O) groups is 2. The fraction of sp³-hybridized carbons (Fsp3) is 0.393. The molecule has 2 aromatic heterocycles. The molecule has 5 rings (SSSR count). The summed E-state index contributed by atoms with van der Waals surface area (Å²) in [6.07, 6.45) is -2.07. The smallest absolute Gasteiger partial charge is 0.379 e. The van der Waals surface area contributed by atoms with Crippen LogP contribution in [-0.2, 0) is 22.8 Å². The quantitative estimate of drug-likeness (QED) is 0.404. The summed E-state index contributed by atoms with van der Waals surface area (Å²) in [6.45, 7) is 3.05. The Bertz CT molecular complexity index is 1350. The van der Waals surface area contributed by atoms with E-state index in [1.807, 2.05) is 47.5 Å². The van der Waals surface area contributed by atoms with E-state index in [-0.39, 0.29) is 30.6 Å². The van der Waals surface area contributed by atoms with Crippen molar-refractivity contribution in [3.63, 3.8) is 0 Å². The van der Waals surface area contributed by atoms with Crippen LogP contribution in [0.1, 0.15) is 39.0 Å². The predicted molar refractivity (Wildman–Crippen MR) is 145 cm³/mol. The molecule has 0 spiro atoms. The summed E-state index contributed by atoms with van der Waals surface area (Å²) in [5.74, 6) is -0.868. The number of aryl methyl sites for hydroxylation is 1. The van der Waals surface area contributed by atoms with Crippen LogP contribution < -0.4 is 0 Å². The van der Waals surface area contributed by atoms with Crippen molar-refractivity contribution in [1.29, 1.82) is 0 Å². The number of alkyl halides is 3. The minimum atomic E-state index is -4.51. The van der Waals surface area contributed by atoms with Crippen LogP contribution in [0.3, 0.4) is 0 Å². The average Bonchev–Trinajstić information content (AvgIpc) is 3.71. The zero-order chi connectivity index (χ0) is 28.3. The molecular formula is C28H30F3N5O3S. The van der Waals surface area contributed by atoms with E-state index in [0.717, 1.165) is 40.5 Å². The maximum Gasteiger partial charge on any atom is 0.416 e. The number of thiophene rings is 1. The fourth-order valence-corrected chi connectivity index (χ4v) is 5.66. The van der Waals surface area contributed by atoms with Crippen molar-refractivity contribution in [2.75, 3.05) is 45.9 Å². The topological polar surface area (TPSA) is 70.4 Å². The summed E-state index contributed by atoms with van der Waals surface area (Å²) in [4.78, 5) is 31.8. The number of ether oxygens (including phenoxy) is 1. The number of nitrogens with zero attached hydrogens (tertiary/aromatic N) is 5. The second-order valence-electron chi connectivity index (χ2n) is 9.78. The van der Waals surface area contributed by atoms with E-state index < -0.39 is 17.6 Å². The average molecular weight is 574 g/mol. The first-order chi connectivity index (χ1) is 19.2. The summed E-state index contributed by atoms with van der Waals surface area (Å²) >= 11 is 1.54. The Morgan fingerprint density at radius 3 is 2.48 bits per heavy atom. The third-order valence-electron chi connectivity index (χ3n) is 7.16. The molecule has 1 aromatic carbocycles. The van der Waals surface area contributed by atoms with Crippen LogP contribution >= 0.6 is 11.3 Å². The van der Waals surface area contributed by atoms with E-state index in [1.165, 1.54) is 9.91 Å². The molecule has 12 heteroatoms. The van der Waals surface area contributed by atoms with Gasteiger partial charge in [0.05, 0.1) is 29.4 Å². The molecule has 212 valence electrons. The third-order valence-corrected chi connectivity index (χ3v) is 8.08. The number of rotatable bonds is 8. The lowest BCUT2D eigenvalue weighted by atomic mass is 10.1. The summed E-state index contributed by atoms with van der Waals surface area (Å²) < 4.78 is 46.6. The molecule has 0 N–H and O–H groups in total. The molecule has 1 fully saturated rings. The molecule has 0 saturated carbocycles. The van der Waals surface area contributed by atoms with Crippen molar-refractivity contribution >= 4 is 28.9 Å². The SMILES string of the molecule is Cn1cccc1[C@@H]1CC(c2cccs2)=NN1C(=O)CN(CCN1CCOCC1)C(=O)c1ccc(C(F)(F)F)cc1. The second kappa shape index (κ2) is 11.9. The number of morpholine rings is 1. The van der Waals surface area contributed by atoms with Crippen LogP contribution in [0, 0.1) is 0 Å². The highest BCUT2D eigenvalue weighted by Crippen LogP contribution is 2.34. The van der Waals surface area contributed by atoms with Crippen LogP contribution in [0.2, 0.25) is 0 Å². The summed E-state index contributed by atoms with van der Waals surface area (Å²) in [5, 5.41) is 8.10. The van der Waals surface area contributed by atoms with E-state index in [1.54, 1.807) is 11.3 Å². The first kappa shape index (κ1) is 28.1. The van der Waals surface area contributed by atoms with Crippen molar-refractivity contribution in [1.82, 2.24) is 19.4 Å². The minimum Gasteiger partial charge on any atom is -0.379 e. The zero-order valence-corrected chi connectivity index (χ0v) is 22.8. The number of amides is 2. The highest BCUT2D eigenvalue weighted by molar-refractivity contribution is 7.12. The normalized spacial score (nSPS) is 18.1. The number of hydrogen-bond donors (Lipinski definition) is 0. The molecule has 4 heterocycles. The molecule has 2 aliphatic rings. The van der Waals surface area contributed by atoms with Gasteiger partial charge in [-0.2, -0.15) is 18.3 Å². The molecule has 0 radical (unpaired) electrons. The lowest BCUT2D eigenvalue weighted by Crippen LogP contribution is -2.46. The van der Waals surface area contributed by atoms with Crippen molar-refractivity contribution in [3.8, 4) is 0 Å². The van der Waals surface area contributed by atoms with Crippen LogP contribution in [0.15, 0.2) is 65.2 Å². The zero-order valence-electron chi connectivity index (χ0n) is 22.0. The number of aromatic nitrogens is 1. The molecule has 8 nitrogen and oxygen atoms in total. The number of carbonyl (C=O) groups excluding carboxylic acids is 2. The van der Waals surface area contributed by atoms with Crippen LogP contribution in [0.4, 0.5) is 13.2 Å². The first-order valence-electron chi connectivity index (χ1n) is 13.0. The molecule has 2 amide bonds. The van der Waals surface area contributed by atoms with Crippen molar-refractivity contribution < 1.29 is 27.5 Å². The van der Waals surface area contributed by atoms with E-state index in [2.05, 4.69) is 4.90 Å². The third kappa shape index (κ3) is 6.29. The maximum atomic E-state index is 13.8. The van der Waals surface area contributed by atoms with Crippen molar-refractivity contribution in [2.24, 2.45) is 12.1 Å². The van der Waals surface area contributed by atoms with Crippen LogP contribution in [0.25, 0.3) is 0 Å². The minimum absolute atomic E-state index is 0.0889. The first-order valence-corrected chi connectivity index (χ1v) is 13.9. The lowest BCUT2D eigenvalue weighted by molar-refractivity contribution is -0.137. The van der Waals surface area contributed by atoms with E-state index >= 15 is 0 Å². The molecule has 3 aromatic rings. The van der Waals surface area contributed by atoms with Crippen LogP contribution in [-0.4, -0.2) is 82.8 Å². The Morgan fingerprint density at radius 2 is 1.85 bits per heavy atom. The van der Waals surface area contributed by atoms with Gasteiger partial charge in [0.25, 0.3) is 11.8 Å². The molecule has 1 saturated heterocycles. The van der Waals surface area contributed by atoms with Gasteiger partial charge < -0.3 is 14.2 Å². The molecule has 0 aliphatic carbocycles. The molecular weight excluding hydrogens is 543 g/mol. The Balaban J connectivity index is 1.39. The maximum absolute atomic E-state index is 13.8. The van der Waals surface area contributed by atoms with E-state index in [9.17, 15) is 22.8 Å². The van der Waals surface area contributed by atoms with Gasteiger partial charge in [0.1, 0.15) is 12.6 Å². The van der Waals surface area contributed by atoms with Gasteiger partial charge in [-0.25, -0.2) is 5.01 Å². The highest BCUT2D eigenvalue weighted by atomic mass is 32.1. The Morgan fingerprint density at radius 1 is 1.10 bits per heavy atom. The molecule has 0 bridgehead atoms. The van der Waals surface area contributed by atoms with Gasteiger partial charge in [0.15, 0.2) is 0 Å². The fourth-order valence-electron chi connectivity index (χ4n) is 4.94. The van der Waals surface area contributed by atoms with Gasteiger partial charge in [-0.05, 0) is 47.8 Å².